The molecule has 144 valence electrons. The molecule has 2 atom stereocenters. The first-order valence-electron chi connectivity index (χ1n) is 8.91. The highest BCUT2D eigenvalue weighted by Crippen LogP contribution is 2.41. The average Bonchev–Trinajstić information content (AvgIpc) is 3.12. The molecule has 1 fully saturated rings. The van der Waals surface area contributed by atoms with Crippen molar-refractivity contribution in [2.45, 2.75) is 51.6 Å². The fraction of sp³-hybridized carbons (Fsp3) is 0.706. The van der Waals surface area contributed by atoms with Gasteiger partial charge in [0, 0.05) is 37.3 Å². The summed E-state index contributed by atoms with van der Waals surface area (Å²) in [7, 11) is -3.27. The van der Waals surface area contributed by atoms with Crippen molar-refractivity contribution in [2.24, 2.45) is 5.92 Å². The molecule has 1 aromatic rings. The van der Waals surface area contributed by atoms with E-state index < -0.39 is 26.9 Å². The van der Waals surface area contributed by atoms with Crippen LogP contribution in [0.3, 0.4) is 0 Å². The first-order chi connectivity index (χ1) is 12.0. The summed E-state index contributed by atoms with van der Waals surface area (Å²) in [4.78, 5) is 29.1. The maximum Gasteiger partial charge on any atom is 0.285 e. The van der Waals surface area contributed by atoms with Crippen LogP contribution in [0.4, 0.5) is 0 Å². The summed E-state index contributed by atoms with van der Waals surface area (Å²) < 4.78 is 27.0. The number of rotatable bonds is 4. The fourth-order valence-corrected chi connectivity index (χ4v) is 4.55. The lowest BCUT2D eigenvalue weighted by atomic mass is 9.85. The van der Waals surface area contributed by atoms with Crippen molar-refractivity contribution in [3.8, 4) is 0 Å². The molecule has 1 saturated heterocycles. The molecule has 3 rings (SSSR count). The van der Waals surface area contributed by atoms with E-state index in [1.54, 1.807) is 6.20 Å². The molecular weight excluding hydrogens is 356 g/mol. The number of nitrogens with one attached hydrogen (secondary N) is 1. The topological polar surface area (TPSA) is 101 Å². The van der Waals surface area contributed by atoms with Crippen molar-refractivity contribution in [3.05, 3.63) is 27.9 Å². The quantitative estimate of drug-likeness (QED) is 0.808. The Bertz CT molecular complexity index is 893. The van der Waals surface area contributed by atoms with E-state index in [-0.39, 0.29) is 17.5 Å². The number of amides is 1. The molecule has 2 aliphatic heterocycles. The summed E-state index contributed by atoms with van der Waals surface area (Å²) in [5.74, 6) is 0.444. The molecule has 1 amide bonds. The van der Waals surface area contributed by atoms with Gasteiger partial charge < -0.3 is 9.88 Å². The first kappa shape index (κ1) is 19.0. The van der Waals surface area contributed by atoms with Gasteiger partial charge in [0.1, 0.15) is 11.4 Å². The number of nitrogens with zero attached hydrogens (tertiary/aromatic N) is 3. The number of hydrogen-bond donors (Lipinski definition) is 1. The number of aromatic nitrogens is 2. The summed E-state index contributed by atoms with van der Waals surface area (Å²) in [6, 6.07) is -0.0513. The van der Waals surface area contributed by atoms with Crippen molar-refractivity contribution in [1.29, 1.82) is 0 Å². The Morgan fingerprint density at radius 2 is 1.92 bits per heavy atom. The van der Waals surface area contributed by atoms with Crippen molar-refractivity contribution >= 4 is 15.9 Å². The van der Waals surface area contributed by atoms with Gasteiger partial charge in [-0.1, -0.05) is 13.8 Å². The zero-order valence-corrected chi connectivity index (χ0v) is 16.5. The summed E-state index contributed by atoms with van der Waals surface area (Å²) in [6.07, 6.45) is 4.14. The summed E-state index contributed by atoms with van der Waals surface area (Å²) >= 11 is 0. The van der Waals surface area contributed by atoms with Crippen LogP contribution in [0.1, 0.15) is 49.8 Å². The van der Waals surface area contributed by atoms with Gasteiger partial charge >= 0.3 is 0 Å². The van der Waals surface area contributed by atoms with Crippen molar-refractivity contribution in [3.63, 3.8) is 0 Å². The van der Waals surface area contributed by atoms with Crippen molar-refractivity contribution in [2.75, 3.05) is 19.3 Å². The van der Waals surface area contributed by atoms with Crippen LogP contribution in [-0.2, 0) is 22.0 Å². The Labute approximate surface area is 153 Å². The molecule has 1 N–H and O–H groups in total. The van der Waals surface area contributed by atoms with E-state index in [0.717, 1.165) is 6.42 Å². The van der Waals surface area contributed by atoms with Crippen LogP contribution in [-0.4, -0.2) is 53.6 Å². The molecule has 2 aliphatic rings. The SMILES string of the molecule is CC(C)[C@H](C)NC(=O)c1cn2c(nc1=O)[C@@]1(CCN(S(C)(=O)=O)C1)CC2. The van der Waals surface area contributed by atoms with Crippen LogP contribution in [0.15, 0.2) is 11.0 Å². The summed E-state index contributed by atoms with van der Waals surface area (Å²) in [5.41, 5.74) is -0.942. The van der Waals surface area contributed by atoms with Gasteiger partial charge in [-0.05, 0) is 25.7 Å². The minimum Gasteiger partial charge on any atom is -0.349 e. The third-order valence-electron chi connectivity index (χ3n) is 5.69. The average molecular weight is 382 g/mol. The Hall–Kier alpha value is -1.74. The van der Waals surface area contributed by atoms with Crippen LogP contribution in [0, 0.1) is 5.92 Å². The lowest BCUT2D eigenvalue weighted by Crippen LogP contribution is -2.40. The van der Waals surface area contributed by atoms with E-state index in [1.807, 2.05) is 25.3 Å². The third-order valence-corrected chi connectivity index (χ3v) is 6.94. The normalized spacial score (nSPS) is 24.2. The number of fused-ring (bicyclic) bond motifs is 2. The van der Waals surface area contributed by atoms with Crippen LogP contribution in [0.5, 0.6) is 0 Å². The van der Waals surface area contributed by atoms with Crippen molar-refractivity contribution < 1.29 is 13.2 Å². The number of hydrogen-bond acceptors (Lipinski definition) is 5. The molecule has 26 heavy (non-hydrogen) atoms. The molecule has 3 heterocycles. The monoisotopic (exact) mass is 382 g/mol. The zero-order valence-electron chi connectivity index (χ0n) is 15.7. The van der Waals surface area contributed by atoms with E-state index in [9.17, 15) is 18.0 Å². The molecule has 0 aromatic carbocycles. The number of carbonyl (C=O) groups excluding carboxylic acids is 1. The van der Waals surface area contributed by atoms with E-state index in [1.165, 1.54) is 10.6 Å². The van der Waals surface area contributed by atoms with Crippen LogP contribution in [0.2, 0.25) is 0 Å². The number of carbonyl (C=O) groups is 1. The highest BCUT2D eigenvalue weighted by molar-refractivity contribution is 7.88. The van der Waals surface area contributed by atoms with E-state index in [2.05, 4.69) is 10.3 Å². The zero-order chi connectivity index (χ0) is 19.3. The minimum atomic E-state index is -3.27. The Kier molecular flexibility index (Phi) is 4.72. The van der Waals surface area contributed by atoms with Crippen LogP contribution in [0.25, 0.3) is 0 Å². The second-order valence-electron chi connectivity index (χ2n) is 7.86. The van der Waals surface area contributed by atoms with Gasteiger partial charge in [-0.2, -0.15) is 4.98 Å². The van der Waals surface area contributed by atoms with Gasteiger partial charge in [0.05, 0.1) is 6.26 Å². The van der Waals surface area contributed by atoms with Gasteiger partial charge in [0.15, 0.2) is 0 Å². The third kappa shape index (κ3) is 3.29. The maximum atomic E-state index is 12.5. The fourth-order valence-electron chi connectivity index (χ4n) is 3.64. The summed E-state index contributed by atoms with van der Waals surface area (Å²) in [5, 5.41) is 2.84. The highest BCUT2D eigenvalue weighted by Gasteiger charge is 2.48. The molecule has 8 nitrogen and oxygen atoms in total. The van der Waals surface area contributed by atoms with Gasteiger partial charge in [0.2, 0.25) is 10.0 Å². The first-order valence-corrected chi connectivity index (χ1v) is 10.8. The minimum absolute atomic E-state index is 0.0382. The number of aryl methyl sites for hydroxylation is 1. The van der Waals surface area contributed by atoms with Gasteiger partial charge in [-0.25, -0.2) is 12.7 Å². The molecule has 0 unspecified atom stereocenters. The Morgan fingerprint density at radius 1 is 1.27 bits per heavy atom. The molecule has 1 aromatic heterocycles. The van der Waals surface area contributed by atoms with Gasteiger partial charge in [0.25, 0.3) is 11.5 Å². The molecule has 0 aliphatic carbocycles. The van der Waals surface area contributed by atoms with Crippen LogP contribution >= 0.6 is 0 Å². The summed E-state index contributed by atoms with van der Waals surface area (Å²) in [6.45, 7) is 7.29. The van der Waals surface area contributed by atoms with E-state index >= 15 is 0 Å². The number of sulfonamides is 1. The highest BCUT2D eigenvalue weighted by atomic mass is 32.2. The lowest BCUT2D eigenvalue weighted by molar-refractivity contribution is 0.0928. The van der Waals surface area contributed by atoms with E-state index in [0.29, 0.717) is 31.9 Å². The second-order valence-corrected chi connectivity index (χ2v) is 9.84. The lowest BCUT2D eigenvalue weighted by Gasteiger charge is -2.22. The Morgan fingerprint density at radius 3 is 2.50 bits per heavy atom. The van der Waals surface area contributed by atoms with Crippen LogP contribution < -0.4 is 10.9 Å². The molecular formula is C17H26N4O4S. The molecule has 1 spiro atoms. The standard InChI is InChI=1S/C17H26N4O4S/c1-11(2)12(3)18-14(22)13-9-20-7-5-17(16(20)19-15(13)23)6-8-21(10-17)26(4,24)25/h9,11-12H,5-8,10H2,1-4H3,(H,18,22)/t12-,17+/m0/s1. The van der Waals surface area contributed by atoms with E-state index in [4.69, 9.17) is 0 Å². The van der Waals surface area contributed by atoms with Crippen molar-refractivity contribution in [1.82, 2.24) is 19.2 Å². The maximum absolute atomic E-state index is 12.5. The Balaban J connectivity index is 1.90. The van der Waals surface area contributed by atoms with Gasteiger partial charge in [-0.3, -0.25) is 9.59 Å². The molecule has 9 heteroatoms. The largest absolute Gasteiger partial charge is 0.349 e. The second kappa shape index (κ2) is 6.45. The molecule has 0 saturated carbocycles. The smallest absolute Gasteiger partial charge is 0.285 e. The predicted molar refractivity (Wildman–Crippen MR) is 97.6 cm³/mol. The molecule has 0 bridgehead atoms. The molecule has 0 radical (unpaired) electrons. The van der Waals surface area contributed by atoms with Gasteiger partial charge in [-0.15, -0.1) is 0 Å². The predicted octanol–water partition coefficient (Wildman–Crippen LogP) is 0.324.